The minimum Gasteiger partial charge on any atom is -0.476 e. The van der Waals surface area contributed by atoms with Crippen molar-refractivity contribution in [1.29, 1.82) is 0 Å². The summed E-state index contributed by atoms with van der Waals surface area (Å²) in [6.45, 7) is 6.03. The summed E-state index contributed by atoms with van der Waals surface area (Å²) < 4.78 is 1.62. The van der Waals surface area contributed by atoms with E-state index in [1.807, 2.05) is 20.8 Å². The zero-order valence-corrected chi connectivity index (χ0v) is 10.1. The summed E-state index contributed by atoms with van der Waals surface area (Å²) in [6.07, 6.45) is 1.67. The van der Waals surface area contributed by atoms with Gasteiger partial charge in [0.05, 0.1) is 5.69 Å². The number of benzene rings is 1. The van der Waals surface area contributed by atoms with Crippen molar-refractivity contribution in [3.8, 4) is 5.69 Å². The van der Waals surface area contributed by atoms with E-state index in [1.54, 1.807) is 10.9 Å². The van der Waals surface area contributed by atoms with E-state index in [4.69, 9.17) is 5.11 Å². The predicted molar refractivity (Wildman–Crippen MR) is 64.7 cm³/mol. The Morgan fingerprint density at radius 2 is 1.82 bits per heavy atom. The average molecular weight is 230 g/mol. The summed E-state index contributed by atoms with van der Waals surface area (Å²) in [5.74, 6) is -1.01. The predicted octanol–water partition coefficient (Wildman–Crippen LogP) is 2.50. The van der Waals surface area contributed by atoms with Crippen molar-refractivity contribution < 1.29 is 9.90 Å². The van der Waals surface area contributed by atoms with Crippen LogP contribution < -0.4 is 0 Å². The molecule has 0 bridgehead atoms. The molecule has 1 aromatic heterocycles. The van der Waals surface area contributed by atoms with Gasteiger partial charge in [-0.1, -0.05) is 17.7 Å². The van der Waals surface area contributed by atoms with E-state index in [0.29, 0.717) is 0 Å². The average Bonchev–Trinajstić information content (AvgIpc) is 2.65. The maximum Gasteiger partial charge on any atom is 0.356 e. The first kappa shape index (κ1) is 11.4. The lowest BCUT2D eigenvalue weighted by molar-refractivity contribution is 0.0690. The molecule has 0 radical (unpaired) electrons. The maximum atomic E-state index is 10.8. The first-order valence-electron chi connectivity index (χ1n) is 5.36. The molecule has 1 heterocycles. The second-order valence-corrected chi connectivity index (χ2v) is 4.20. The van der Waals surface area contributed by atoms with Gasteiger partial charge < -0.3 is 5.11 Å². The number of rotatable bonds is 2. The highest BCUT2D eigenvalue weighted by Gasteiger charge is 2.11. The van der Waals surface area contributed by atoms with Gasteiger partial charge in [0, 0.05) is 6.20 Å². The Hall–Kier alpha value is -2.10. The second kappa shape index (κ2) is 4.05. The van der Waals surface area contributed by atoms with Crippen molar-refractivity contribution in [3.63, 3.8) is 0 Å². The highest BCUT2D eigenvalue weighted by atomic mass is 16.4. The minimum atomic E-state index is -1.01. The van der Waals surface area contributed by atoms with Crippen molar-refractivity contribution in [2.24, 2.45) is 0 Å². The van der Waals surface area contributed by atoms with Crippen LogP contribution >= 0.6 is 0 Å². The molecule has 1 aromatic carbocycles. The van der Waals surface area contributed by atoms with Crippen LogP contribution in [0.2, 0.25) is 0 Å². The molecule has 0 amide bonds. The van der Waals surface area contributed by atoms with E-state index in [0.717, 1.165) is 16.8 Å². The third-order valence-electron chi connectivity index (χ3n) is 2.67. The summed E-state index contributed by atoms with van der Waals surface area (Å²) in [5.41, 5.74) is 4.37. The van der Waals surface area contributed by atoms with Gasteiger partial charge in [0.15, 0.2) is 5.69 Å². The molecule has 1 N–H and O–H groups in total. The fraction of sp³-hybridized carbons (Fsp3) is 0.231. The number of nitrogens with zero attached hydrogens (tertiary/aromatic N) is 2. The van der Waals surface area contributed by atoms with E-state index < -0.39 is 5.97 Å². The van der Waals surface area contributed by atoms with Crippen LogP contribution in [-0.4, -0.2) is 20.9 Å². The number of aromatic nitrogens is 2. The Kier molecular flexibility index (Phi) is 2.71. The lowest BCUT2D eigenvalue weighted by Crippen LogP contribution is -2.04. The summed E-state index contributed by atoms with van der Waals surface area (Å²) in [4.78, 5) is 10.8. The molecular formula is C13H14N2O2. The van der Waals surface area contributed by atoms with Gasteiger partial charge in [-0.3, -0.25) is 0 Å². The summed E-state index contributed by atoms with van der Waals surface area (Å²) in [5, 5.41) is 12.9. The number of carbonyl (C=O) groups is 1. The van der Waals surface area contributed by atoms with Crippen LogP contribution in [0.25, 0.3) is 5.69 Å². The van der Waals surface area contributed by atoms with Gasteiger partial charge in [0.2, 0.25) is 0 Å². The Balaban J connectivity index is 2.56. The molecule has 0 fully saturated rings. The van der Waals surface area contributed by atoms with Crippen molar-refractivity contribution in [2.75, 3.05) is 0 Å². The lowest BCUT2D eigenvalue weighted by atomic mass is 10.1. The van der Waals surface area contributed by atoms with Crippen LogP contribution in [0.1, 0.15) is 27.2 Å². The standard InChI is InChI=1S/C13H14N2O2/c1-8-6-9(2)12(10(3)7-8)15-5-4-11(14-15)13(16)17/h4-7H,1-3H3,(H,16,17). The minimum absolute atomic E-state index is 0.0596. The quantitative estimate of drug-likeness (QED) is 0.862. The molecule has 4 nitrogen and oxygen atoms in total. The molecule has 0 atom stereocenters. The van der Waals surface area contributed by atoms with Crippen LogP contribution in [0.3, 0.4) is 0 Å². The first-order chi connectivity index (χ1) is 7.99. The third-order valence-corrected chi connectivity index (χ3v) is 2.67. The normalized spacial score (nSPS) is 10.5. The maximum absolute atomic E-state index is 10.8. The lowest BCUT2D eigenvalue weighted by Gasteiger charge is -2.10. The molecule has 88 valence electrons. The van der Waals surface area contributed by atoms with Crippen LogP contribution in [-0.2, 0) is 0 Å². The van der Waals surface area contributed by atoms with Gasteiger partial charge in [-0.15, -0.1) is 0 Å². The van der Waals surface area contributed by atoms with Gasteiger partial charge in [0.25, 0.3) is 0 Å². The van der Waals surface area contributed by atoms with Crippen molar-refractivity contribution in [2.45, 2.75) is 20.8 Å². The molecule has 0 unspecified atom stereocenters. The van der Waals surface area contributed by atoms with E-state index in [-0.39, 0.29) is 5.69 Å². The summed E-state index contributed by atoms with van der Waals surface area (Å²) in [7, 11) is 0. The monoisotopic (exact) mass is 230 g/mol. The molecular weight excluding hydrogens is 216 g/mol. The van der Waals surface area contributed by atoms with Gasteiger partial charge in [-0.05, 0) is 38.0 Å². The Bertz CT molecular complexity index is 562. The Morgan fingerprint density at radius 1 is 1.24 bits per heavy atom. The van der Waals surface area contributed by atoms with Gasteiger partial charge in [-0.2, -0.15) is 5.10 Å². The van der Waals surface area contributed by atoms with Crippen LogP contribution in [0, 0.1) is 20.8 Å². The van der Waals surface area contributed by atoms with Crippen LogP contribution in [0.5, 0.6) is 0 Å². The number of hydrogen-bond acceptors (Lipinski definition) is 2. The third kappa shape index (κ3) is 2.06. The van der Waals surface area contributed by atoms with E-state index in [2.05, 4.69) is 17.2 Å². The number of carboxylic acid groups (broad SMARTS) is 1. The van der Waals surface area contributed by atoms with E-state index >= 15 is 0 Å². The van der Waals surface area contributed by atoms with Crippen LogP contribution in [0.15, 0.2) is 24.4 Å². The Labute approximate surface area is 99.5 Å². The van der Waals surface area contributed by atoms with Gasteiger partial charge in [0.1, 0.15) is 0 Å². The highest BCUT2D eigenvalue weighted by Crippen LogP contribution is 2.20. The van der Waals surface area contributed by atoms with Crippen molar-refractivity contribution in [1.82, 2.24) is 9.78 Å². The topological polar surface area (TPSA) is 55.1 Å². The summed E-state index contributed by atoms with van der Waals surface area (Å²) in [6, 6.07) is 5.62. The SMILES string of the molecule is Cc1cc(C)c(-n2ccc(C(=O)O)n2)c(C)c1. The molecule has 2 rings (SSSR count). The number of carboxylic acids is 1. The zero-order valence-electron chi connectivity index (χ0n) is 10.1. The largest absolute Gasteiger partial charge is 0.476 e. The van der Waals surface area contributed by atoms with Crippen LogP contribution in [0.4, 0.5) is 0 Å². The number of aromatic carboxylic acids is 1. The Morgan fingerprint density at radius 3 is 2.29 bits per heavy atom. The van der Waals surface area contributed by atoms with Crippen molar-refractivity contribution >= 4 is 5.97 Å². The van der Waals surface area contributed by atoms with Crippen molar-refractivity contribution in [3.05, 3.63) is 46.8 Å². The second-order valence-electron chi connectivity index (χ2n) is 4.20. The molecule has 0 aliphatic rings. The molecule has 4 heteroatoms. The fourth-order valence-electron chi connectivity index (χ4n) is 2.10. The first-order valence-corrected chi connectivity index (χ1v) is 5.36. The smallest absolute Gasteiger partial charge is 0.356 e. The molecule has 2 aromatic rings. The van der Waals surface area contributed by atoms with E-state index in [1.165, 1.54) is 11.6 Å². The van der Waals surface area contributed by atoms with Gasteiger partial charge >= 0.3 is 5.97 Å². The molecule has 0 spiro atoms. The van der Waals surface area contributed by atoms with Gasteiger partial charge in [-0.25, -0.2) is 9.48 Å². The highest BCUT2D eigenvalue weighted by molar-refractivity contribution is 5.85. The van der Waals surface area contributed by atoms with E-state index in [9.17, 15) is 4.79 Å². The zero-order chi connectivity index (χ0) is 12.6. The molecule has 0 saturated heterocycles. The number of hydrogen-bond donors (Lipinski definition) is 1. The number of aryl methyl sites for hydroxylation is 3. The molecule has 17 heavy (non-hydrogen) atoms. The fourth-order valence-corrected chi connectivity index (χ4v) is 2.10. The molecule has 0 aliphatic carbocycles. The summed E-state index contributed by atoms with van der Waals surface area (Å²) >= 11 is 0. The molecule has 0 saturated carbocycles. The molecule has 0 aliphatic heterocycles.